The summed E-state index contributed by atoms with van der Waals surface area (Å²) in [7, 11) is 0. The van der Waals surface area contributed by atoms with Gasteiger partial charge in [0.1, 0.15) is 0 Å². The second-order valence-corrected chi connectivity index (χ2v) is 10.2. The summed E-state index contributed by atoms with van der Waals surface area (Å²) >= 11 is 0. The molecular weight excluding hydrogens is 300 g/mol. The van der Waals surface area contributed by atoms with Crippen LogP contribution in [0.5, 0.6) is 0 Å². The van der Waals surface area contributed by atoms with Crippen molar-refractivity contribution < 1.29 is 15.3 Å². The third-order valence-electron chi connectivity index (χ3n) is 9.54. The smallest absolute Gasteiger partial charge is 0.0958 e. The summed E-state index contributed by atoms with van der Waals surface area (Å²) in [5.74, 6) is 2.69. The van der Waals surface area contributed by atoms with Crippen LogP contribution in [-0.2, 0) is 0 Å². The van der Waals surface area contributed by atoms with Crippen molar-refractivity contribution in [2.45, 2.75) is 96.4 Å². The van der Waals surface area contributed by atoms with Crippen molar-refractivity contribution in [3.05, 3.63) is 0 Å². The van der Waals surface area contributed by atoms with E-state index in [1.165, 1.54) is 25.7 Å². The Labute approximate surface area is 146 Å². The third-order valence-corrected chi connectivity index (χ3v) is 9.54. The number of hydrogen-bond donors (Lipinski definition) is 3. The lowest BCUT2D eigenvalue weighted by Crippen LogP contribution is -2.59. The molecule has 0 heterocycles. The Morgan fingerprint density at radius 3 is 2.33 bits per heavy atom. The van der Waals surface area contributed by atoms with Gasteiger partial charge in [-0.15, -0.1) is 0 Å². The van der Waals surface area contributed by atoms with E-state index >= 15 is 0 Å². The lowest BCUT2D eigenvalue weighted by Gasteiger charge is -2.61. The van der Waals surface area contributed by atoms with Crippen molar-refractivity contribution >= 4 is 0 Å². The molecular formula is C21H36O3. The molecule has 0 aliphatic heterocycles. The zero-order valence-corrected chi connectivity index (χ0v) is 15.7. The Bertz CT molecular complexity index is 505. The lowest BCUT2D eigenvalue weighted by molar-refractivity contribution is -0.186. The van der Waals surface area contributed by atoms with Gasteiger partial charge in [0, 0.05) is 5.41 Å². The molecule has 4 fully saturated rings. The normalized spacial score (nSPS) is 58.5. The highest BCUT2D eigenvalue weighted by Gasteiger charge is 2.65. The fraction of sp³-hybridized carbons (Fsp3) is 1.00. The summed E-state index contributed by atoms with van der Waals surface area (Å²) in [6.07, 6.45) is 8.99. The number of aliphatic hydroxyl groups is 3. The molecule has 138 valence electrons. The third kappa shape index (κ3) is 2.07. The van der Waals surface area contributed by atoms with Crippen LogP contribution in [0.2, 0.25) is 0 Å². The van der Waals surface area contributed by atoms with E-state index in [1.807, 2.05) is 0 Å². The SMILES string of the molecule is CC(O)C1(O)CC[C@H]2[C@@H]3CCC4CC(O)CC[C@]4(C)[C@H]3CC[C@@]21C. The van der Waals surface area contributed by atoms with Crippen LogP contribution in [0.15, 0.2) is 0 Å². The van der Waals surface area contributed by atoms with Gasteiger partial charge >= 0.3 is 0 Å². The Balaban J connectivity index is 1.63. The molecule has 0 spiro atoms. The molecule has 4 aliphatic rings. The summed E-state index contributed by atoms with van der Waals surface area (Å²) in [4.78, 5) is 0. The zero-order chi connectivity index (χ0) is 17.3. The summed E-state index contributed by atoms with van der Waals surface area (Å²) in [6, 6.07) is 0. The lowest BCUT2D eigenvalue weighted by atomic mass is 9.44. The van der Waals surface area contributed by atoms with Gasteiger partial charge in [-0.25, -0.2) is 0 Å². The maximum Gasteiger partial charge on any atom is 0.0958 e. The summed E-state index contributed by atoms with van der Waals surface area (Å²) in [5, 5.41) is 31.7. The van der Waals surface area contributed by atoms with Crippen molar-refractivity contribution in [2.24, 2.45) is 34.5 Å². The predicted molar refractivity (Wildman–Crippen MR) is 94.4 cm³/mol. The second-order valence-electron chi connectivity index (χ2n) is 10.2. The minimum Gasteiger partial charge on any atom is -0.393 e. The summed E-state index contributed by atoms with van der Waals surface area (Å²) < 4.78 is 0. The highest BCUT2D eigenvalue weighted by molar-refractivity contribution is 5.15. The molecule has 4 rings (SSSR count). The fourth-order valence-corrected chi connectivity index (χ4v) is 7.97. The number of aliphatic hydroxyl groups excluding tert-OH is 2. The van der Waals surface area contributed by atoms with Crippen molar-refractivity contribution in [1.82, 2.24) is 0 Å². The average Bonchev–Trinajstić information content (AvgIpc) is 2.81. The molecule has 4 unspecified atom stereocenters. The topological polar surface area (TPSA) is 60.7 Å². The number of fused-ring (bicyclic) bond motifs is 5. The molecule has 3 nitrogen and oxygen atoms in total. The first-order valence-corrected chi connectivity index (χ1v) is 10.3. The van der Waals surface area contributed by atoms with Crippen LogP contribution < -0.4 is 0 Å². The van der Waals surface area contributed by atoms with Crippen LogP contribution in [0, 0.1) is 34.5 Å². The number of rotatable bonds is 1. The van der Waals surface area contributed by atoms with Crippen LogP contribution in [0.1, 0.15) is 78.6 Å². The van der Waals surface area contributed by atoms with Crippen molar-refractivity contribution in [3.8, 4) is 0 Å². The Morgan fingerprint density at radius 1 is 0.917 bits per heavy atom. The van der Waals surface area contributed by atoms with Crippen molar-refractivity contribution in [2.75, 3.05) is 0 Å². The maximum atomic E-state index is 11.3. The van der Waals surface area contributed by atoms with Crippen LogP contribution in [0.4, 0.5) is 0 Å². The molecule has 3 heteroatoms. The standard InChI is InChI=1S/C21H36O3/c1-13(22)21(24)11-8-18-16-5-4-14-12-15(23)6-9-19(14,2)17(16)7-10-20(18,21)3/h13-18,22-24H,4-12H2,1-3H3/t13?,14?,15?,16-,17+,18+,19+,20+,21?/m1/s1. The molecule has 0 radical (unpaired) electrons. The van der Waals surface area contributed by atoms with Crippen LogP contribution >= 0.6 is 0 Å². The average molecular weight is 337 g/mol. The Kier molecular flexibility index (Phi) is 3.92. The molecule has 0 aromatic rings. The molecule has 0 aromatic heterocycles. The van der Waals surface area contributed by atoms with E-state index in [-0.39, 0.29) is 11.5 Å². The van der Waals surface area contributed by atoms with Gasteiger partial charge in [-0.05, 0) is 93.8 Å². The quantitative estimate of drug-likeness (QED) is 0.687. The van der Waals surface area contributed by atoms with E-state index in [0.29, 0.717) is 23.2 Å². The second kappa shape index (κ2) is 5.44. The van der Waals surface area contributed by atoms with Crippen LogP contribution in [0.3, 0.4) is 0 Å². The summed E-state index contributed by atoms with van der Waals surface area (Å²) in [6.45, 7) is 6.53. The first-order chi connectivity index (χ1) is 11.2. The van der Waals surface area contributed by atoms with E-state index in [4.69, 9.17) is 0 Å². The molecule has 3 N–H and O–H groups in total. The molecule has 0 amide bonds. The minimum absolute atomic E-state index is 0.0831. The zero-order valence-electron chi connectivity index (χ0n) is 15.7. The highest BCUT2D eigenvalue weighted by Crippen LogP contribution is 2.68. The minimum atomic E-state index is -0.900. The molecule has 24 heavy (non-hydrogen) atoms. The molecule has 0 bridgehead atoms. The highest BCUT2D eigenvalue weighted by atomic mass is 16.3. The Hall–Kier alpha value is -0.120. The molecule has 4 aliphatic carbocycles. The van der Waals surface area contributed by atoms with E-state index in [2.05, 4.69) is 13.8 Å². The first-order valence-electron chi connectivity index (χ1n) is 10.3. The summed E-state index contributed by atoms with van der Waals surface area (Å²) in [5.41, 5.74) is -0.641. The predicted octanol–water partition coefficient (Wildman–Crippen LogP) is 3.50. The van der Waals surface area contributed by atoms with Gasteiger partial charge in [0.15, 0.2) is 0 Å². The van der Waals surface area contributed by atoms with Crippen LogP contribution in [0.25, 0.3) is 0 Å². The fourth-order valence-electron chi connectivity index (χ4n) is 7.97. The van der Waals surface area contributed by atoms with Gasteiger partial charge in [0.05, 0.1) is 17.8 Å². The largest absolute Gasteiger partial charge is 0.393 e. The first kappa shape index (κ1) is 17.3. The van der Waals surface area contributed by atoms with Gasteiger partial charge in [-0.3, -0.25) is 0 Å². The molecule has 0 saturated heterocycles. The number of hydrogen-bond acceptors (Lipinski definition) is 3. The van der Waals surface area contributed by atoms with Gasteiger partial charge < -0.3 is 15.3 Å². The Morgan fingerprint density at radius 2 is 1.62 bits per heavy atom. The molecule has 9 atom stereocenters. The van der Waals surface area contributed by atoms with Crippen molar-refractivity contribution in [1.29, 1.82) is 0 Å². The van der Waals surface area contributed by atoms with Gasteiger partial charge in [0.25, 0.3) is 0 Å². The van der Waals surface area contributed by atoms with Gasteiger partial charge in [-0.2, -0.15) is 0 Å². The van der Waals surface area contributed by atoms with Gasteiger partial charge in [0.2, 0.25) is 0 Å². The maximum absolute atomic E-state index is 11.3. The van der Waals surface area contributed by atoms with E-state index in [1.54, 1.807) is 6.92 Å². The van der Waals surface area contributed by atoms with Gasteiger partial charge in [-0.1, -0.05) is 13.8 Å². The monoisotopic (exact) mass is 336 g/mol. The van der Waals surface area contributed by atoms with Crippen LogP contribution in [-0.4, -0.2) is 33.1 Å². The van der Waals surface area contributed by atoms with E-state index in [9.17, 15) is 15.3 Å². The van der Waals surface area contributed by atoms with Crippen molar-refractivity contribution in [3.63, 3.8) is 0 Å². The molecule has 0 aromatic carbocycles. The van der Waals surface area contributed by atoms with E-state index in [0.717, 1.165) is 38.0 Å². The van der Waals surface area contributed by atoms with E-state index < -0.39 is 11.7 Å². The molecule has 4 saturated carbocycles.